The van der Waals surface area contributed by atoms with Gasteiger partial charge in [-0.2, -0.15) is 0 Å². The molecule has 1 rings (SSSR count). The molecule has 5 heteroatoms. The van der Waals surface area contributed by atoms with Gasteiger partial charge in [-0.15, -0.1) is 0 Å². The van der Waals surface area contributed by atoms with E-state index in [0.717, 1.165) is 5.56 Å². The van der Waals surface area contributed by atoms with E-state index in [9.17, 15) is 9.59 Å². The molecule has 2 amide bonds. The number of amides is 2. The molecule has 1 N–H and O–H groups in total. The van der Waals surface area contributed by atoms with E-state index in [-0.39, 0.29) is 18.5 Å². The Labute approximate surface area is 113 Å². The van der Waals surface area contributed by atoms with Crippen molar-refractivity contribution in [2.75, 3.05) is 13.7 Å². The zero-order valence-electron chi connectivity index (χ0n) is 11.6. The number of methoxy groups -OCH3 is 1. The number of carbonyl (C=O) groups excluding carboxylic acids is 2. The smallest absolute Gasteiger partial charge is 0.407 e. The lowest BCUT2D eigenvalue weighted by atomic mass is 10.2. The number of hydrogen-bond donors (Lipinski definition) is 1. The molecule has 0 aromatic heterocycles. The van der Waals surface area contributed by atoms with Gasteiger partial charge in [0.15, 0.2) is 0 Å². The van der Waals surface area contributed by atoms with E-state index < -0.39 is 6.09 Å². The fraction of sp³-hybridized carbons (Fsp3) is 0.429. The van der Waals surface area contributed by atoms with Crippen molar-refractivity contribution >= 4 is 12.0 Å². The lowest BCUT2D eigenvalue weighted by Crippen LogP contribution is -2.43. The zero-order valence-corrected chi connectivity index (χ0v) is 11.6. The van der Waals surface area contributed by atoms with Crippen molar-refractivity contribution in [2.24, 2.45) is 0 Å². The number of ether oxygens (including phenoxy) is 1. The topological polar surface area (TPSA) is 58.6 Å². The maximum Gasteiger partial charge on any atom is 0.407 e. The van der Waals surface area contributed by atoms with Gasteiger partial charge in [0.05, 0.1) is 7.11 Å². The third-order valence-corrected chi connectivity index (χ3v) is 2.71. The minimum absolute atomic E-state index is 0.0579. The molecule has 0 radical (unpaired) electrons. The van der Waals surface area contributed by atoms with Crippen LogP contribution in [0.25, 0.3) is 0 Å². The van der Waals surface area contributed by atoms with Crippen LogP contribution in [0.15, 0.2) is 30.3 Å². The first kappa shape index (κ1) is 15.0. The average Bonchev–Trinajstić information content (AvgIpc) is 2.42. The Morgan fingerprint density at radius 3 is 2.42 bits per heavy atom. The highest BCUT2D eigenvalue weighted by Crippen LogP contribution is 2.08. The van der Waals surface area contributed by atoms with Crippen molar-refractivity contribution in [1.82, 2.24) is 10.2 Å². The molecule has 0 bridgehead atoms. The fourth-order valence-corrected chi connectivity index (χ4v) is 1.66. The normalized spacial score (nSPS) is 10.1. The second kappa shape index (κ2) is 7.41. The van der Waals surface area contributed by atoms with Gasteiger partial charge in [0.1, 0.15) is 6.54 Å². The highest BCUT2D eigenvalue weighted by Gasteiger charge is 2.17. The maximum absolute atomic E-state index is 12.1. The van der Waals surface area contributed by atoms with Crippen LogP contribution in [0.4, 0.5) is 4.79 Å². The van der Waals surface area contributed by atoms with Crippen LogP contribution in [0.5, 0.6) is 0 Å². The fourth-order valence-electron chi connectivity index (χ4n) is 1.66. The predicted octanol–water partition coefficient (Wildman–Crippen LogP) is 1.78. The molecule has 0 fully saturated rings. The Kier molecular flexibility index (Phi) is 5.85. The number of nitrogens with one attached hydrogen (secondary N) is 1. The molecule has 19 heavy (non-hydrogen) atoms. The summed E-state index contributed by atoms with van der Waals surface area (Å²) >= 11 is 0. The van der Waals surface area contributed by atoms with Gasteiger partial charge in [0.2, 0.25) is 5.91 Å². The average molecular weight is 264 g/mol. The van der Waals surface area contributed by atoms with Gasteiger partial charge in [0.25, 0.3) is 0 Å². The van der Waals surface area contributed by atoms with E-state index in [1.165, 1.54) is 7.11 Å². The van der Waals surface area contributed by atoms with Gasteiger partial charge in [-0.05, 0) is 19.4 Å². The molecule has 0 spiro atoms. The molecule has 0 atom stereocenters. The molecular weight excluding hydrogens is 244 g/mol. The van der Waals surface area contributed by atoms with E-state index in [1.54, 1.807) is 4.90 Å². The molecule has 0 heterocycles. The summed E-state index contributed by atoms with van der Waals surface area (Å²) in [6, 6.07) is 9.80. The molecule has 5 nitrogen and oxygen atoms in total. The number of carbonyl (C=O) groups is 2. The Morgan fingerprint density at radius 1 is 1.26 bits per heavy atom. The highest BCUT2D eigenvalue weighted by molar-refractivity contribution is 5.82. The lowest BCUT2D eigenvalue weighted by Gasteiger charge is -2.27. The van der Waals surface area contributed by atoms with E-state index >= 15 is 0 Å². The number of rotatable bonds is 5. The third kappa shape index (κ3) is 4.99. The first-order valence-electron chi connectivity index (χ1n) is 6.19. The molecule has 0 aliphatic carbocycles. The van der Waals surface area contributed by atoms with Crippen LogP contribution in [0.3, 0.4) is 0 Å². The second-order valence-electron chi connectivity index (χ2n) is 4.45. The van der Waals surface area contributed by atoms with Crippen LogP contribution in [-0.2, 0) is 16.1 Å². The zero-order chi connectivity index (χ0) is 14.3. The SMILES string of the molecule is COC(=O)NCC(=O)N(Cc1ccccc1)C(C)C. The Balaban J connectivity index is 2.62. The molecule has 0 saturated heterocycles. The molecule has 1 aromatic rings. The van der Waals surface area contributed by atoms with Crippen molar-refractivity contribution in [3.8, 4) is 0 Å². The third-order valence-electron chi connectivity index (χ3n) is 2.71. The molecule has 1 aromatic carbocycles. The van der Waals surface area contributed by atoms with Crippen molar-refractivity contribution in [3.63, 3.8) is 0 Å². The standard InChI is InChI=1S/C14H20N2O3/c1-11(2)16(10-12-7-5-4-6-8-12)13(17)9-15-14(18)19-3/h4-8,11H,9-10H2,1-3H3,(H,15,18). The number of hydrogen-bond acceptors (Lipinski definition) is 3. The molecule has 104 valence electrons. The molecular formula is C14H20N2O3. The summed E-state index contributed by atoms with van der Waals surface area (Å²) in [5.74, 6) is -0.135. The summed E-state index contributed by atoms with van der Waals surface area (Å²) in [5, 5.41) is 2.40. The van der Waals surface area contributed by atoms with Gasteiger partial charge < -0.3 is 15.0 Å². The minimum Gasteiger partial charge on any atom is -0.453 e. The first-order chi connectivity index (χ1) is 9.04. The Bertz CT molecular complexity index is 418. The summed E-state index contributed by atoms with van der Waals surface area (Å²) in [7, 11) is 1.27. The second-order valence-corrected chi connectivity index (χ2v) is 4.45. The maximum atomic E-state index is 12.1. The van der Waals surface area contributed by atoms with Crippen LogP contribution in [0, 0.1) is 0 Å². The van der Waals surface area contributed by atoms with Crippen LogP contribution in [-0.4, -0.2) is 36.6 Å². The summed E-state index contributed by atoms with van der Waals surface area (Å²) in [6.07, 6.45) is -0.600. The van der Waals surface area contributed by atoms with Gasteiger partial charge in [-0.3, -0.25) is 4.79 Å². The molecule has 0 saturated carbocycles. The number of alkyl carbamates (subject to hydrolysis) is 1. The van der Waals surface area contributed by atoms with E-state index in [4.69, 9.17) is 0 Å². The quantitative estimate of drug-likeness (QED) is 0.882. The predicted molar refractivity (Wildman–Crippen MR) is 72.5 cm³/mol. The monoisotopic (exact) mass is 264 g/mol. The van der Waals surface area contributed by atoms with Crippen molar-refractivity contribution < 1.29 is 14.3 Å². The summed E-state index contributed by atoms with van der Waals surface area (Å²) in [5.41, 5.74) is 1.06. The van der Waals surface area contributed by atoms with Crippen molar-refractivity contribution in [1.29, 1.82) is 0 Å². The number of nitrogens with zero attached hydrogens (tertiary/aromatic N) is 1. The summed E-state index contributed by atoms with van der Waals surface area (Å²) < 4.78 is 4.44. The molecule has 0 aliphatic heterocycles. The van der Waals surface area contributed by atoms with E-state index in [0.29, 0.717) is 6.54 Å². The van der Waals surface area contributed by atoms with Crippen molar-refractivity contribution in [2.45, 2.75) is 26.4 Å². The number of benzene rings is 1. The minimum atomic E-state index is -0.600. The van der Waals surface area contributed by atoms with Gasteiger partial charge in [0, 0.05) is 12.6 Å². The van der Waals surface area contributed by atoms with Crippen LogP contribution < -0.4 is 5.32 Å². The van der Waals surface area contributed by atoms with Gasteiger partial charge in [-0.1, -0.05) is 30.3 Å². The lowest BCUT2D eigenvalue weighted by molar-refractivity contribution is -0.132. The van der Waals surface area contributed by atoms with Gasteiger partial charge >= 0.3 is 6.09 Å². The molecule has 0 aliphatic rings. The highest BCUT2D eigenvalue weighted by atomic mass is 16.5. The van der Waals surface area contributed by atoms with Crippen LogP contribution in [0.2, 0.25) is 0 Å². The Morgan fingerprint density at radius 2 is 1.89 bits per heavy atom. The van der Waals surface area contributed by atoms with Gasteiger partial charge in [-0.25, -0.2) is 4.79 Å². The van der Waals surface area contributed by atoms with E-state index in [1.807, 2.05) is 44.2 Å². The largest absolute Gasteiger partial charge is 0.453 e. The first-order valence-corrected chi connectivity index (χ1v) is 6.19. The summed E-state index contributed by atoms with van der Waals surface area (Å²) in [4.78, 5) is 24.7. The van der Waals surface area contributed by atoms with Crippen molar-refractivity contribution in [3.05, 3.63) is 35.9 Å². The summed E-state index contributed by atoms with van der Waals surface area (Å²) in [6.45, 7) is 4.36. The van der Waals surface area contributed by atoms with E-state index in [2.05, 4.69) is 10.1 Å². The molecule has 0 unspecified atom stereocenters. The van der Waals surface area contributed by atoms with Crippen LogP contribution >= 0.6 is 0 Å². The van der Waals surface area contributed by atoms with Crippen LogP contribution in [0.1, 0.15) is 19.4 Å². The Hall–Kier alpha value is -2.04.